The van der Waals surface area contributed by atoms with Gasteiger partial charge in [-0.3, -0.25) is 9.59 Å². The monoisotopic (exact) mass is 243 g/mol. The zero-order valence-electron chi connectivity index (χ0n) is 9.74. The number of piperazine rings is 1. The fraction of sp³-hybridized carbons (Fsp3) is 0.700. The Hall–Kier alpha value is -1.17. The first kappa shape index (κ1) is 12.9. The molecule has 3 N–H and O–H groups in total. The Labute approximate surface area is 100 Å². The third kappa shape index (κ3) is 2.16. The number of nitrogens with two attached hydrogens (primary N) is 1. The highest BCUT2D eigenvalue weighted by Gasteiger charge is 2.41. The van der Waals surface area contributed by atoms with Crippen LogP contribution in [0.3, 0.4) is 0 Å². The van der Waals surface area contributed by atoms with Gasteiger partial charge < -0.3 is 16.0 Å². The number of hydrogen-bond acceptors (Lipinski definition) is 3. The van der Waals surface area contributed by atoms with Crippen molar-refractivity contribution in [1.82, 2.24) is 10.2 Å². The minimum Gasteiger partial charge on any atom is -0.393 e. The molecule has 1 aliphatic rings. The van der Waals surface area contributed by atoms with Crippen molar-refractivity contribution in [2.75, 3.05) is 13.1 Å². The summed E-state index contributed by atoms with van der Waals surface area (Å²) in [5, 5.41) is 2.73. The first-order valence-electron chi connectivity index (χ1n) is 5.17. The molecule has 16 heavy (non-hydrogen) atoms. The molecule has 0 spiro atoms. The first-order valence-corrected chi connectivity index (χ1v) is 5.58. The number of thiocarbonyl (C=S) groups is 1. The predicted molar refractivity (Wildman–Crippen MR) is 64.8 cm³/mol. The third-order valence-electron chi connectivity index (χ3n) is 2.91. The van der Waals surface area contributed by atoms with Crippen LogP contribution < -0.4 is 11.1 Å². The van der Waals surface area contributed by atoms with E-state index in [0.29, 0.717) is 13.1 Å². The van der Waals surface area contributed by atoms with Gasteiger partial charge in [-0.05, 0) is 20.8 Å². The summed E-state index contributed by atoms with van der Waals surface area (Å²) in [4.78, 5) is 25.4. The van der Waals surface area contributed by atoms with Crippen molar-refractivity contribution in [2.45, 2.75) is 26.3 Å². The molecule has 90 valence electrons. The van der Waals surface area contributed by atoms with Crippen LogP contribution in [0.1, 0.15) is 20.8 Å². The van der Waals surface area contributed by atoms with E-state index < -0.39 is 11.5 Å². The molecule has 1 unspecified atom stereocenters. The maximum atomic E-state index is 12.1. The van der Waals surface area contributed by atoms with Crippen LogP contribution in [-0.4, -0.2) is 40.3 Å². The van der Waals surface area contributed by atoms with Gasteiger partial charge in [0.1, 0.15) is 5.54 Å². The Balaban J connectivity index is 2.90. The second-order valence-electron chi connectivity index (χ2n) is 4.43. The summed E-state index contributed by atoms with van der Waals surface area (Å²) in [5.74, 6) is -0.866. The molecule has 0 radical (unpaired) electrons. The van der Waals surface area contributed by atoms with E-state index in [1.54, 1.807) is 20.8 Å². The standard InChI is InChI=1S/C10H17N3O2S/c1-6(7(11)16)8(14)13-5-4-12-9(15)10(13,2)3/h6H,4-5H2,1-3H3,(H2,11,16)(H,12,15). The Morgan fingerprint density at radius 3 is 2.69 bits per heavy atom. The smallest absolute Gasteiger partial charge is 0.245 e. The summed E-state index contributed by atoms with van der Waals surface area (Å²) in [6, 6.07) is 0. The highest BCUT2D eigenvalue weighted by atomic mass is 32.1. The highest BCUT2D eigenvalue weighted by Crippen LogP contribution is 2.20. The van der Waals surface area contributed by atoms with E-state index in [1.165, 1.54) is 4.90 Å². The lowest BCUT2D eigenvalue weighted by atomic mass is 9.96. The first-order chi connectivity index (χ1) is 7.28. The van der Waals surface area contributed by atoms with Crippen molar-refractivity contribution >= 4 is 29.0 Å². The molecular weight excluding hydrogens is 226 g/mol. The van der Waals surface area contributed by atoms with Crippen LogP contribution in [-0.2, 0) is 9.59 Å². The van der Waals surface area contributed by atoms with Gasteiger partial charge in [0.2, 0.25) is 11.8 Å². The van der Waals surface area contributed by atoms with E-state index in [0.717, 1.165) is 0 Å². The molecular formula is C10H17N3O2S. The molecule has 2 amide bonds. The van der Waals surface area contributed by atoms with Crippen molar-refractivity contribution in [2.24, 2.45) is 11.7 Å². The summed E-state index contributed by atoms with van der Waals surface area (Å²) < 4.78 is 0. The van der Waals surface area contributed by atoms with Crippen LogP contribution in [0.15, 0.2) is 0 Å². The minimum absolute atomic E-state index is 0.151. The van der Waals surface area contributed by atoms with Crippen molar-refractivity contribution in [3.63, 3.8) is 0 Å². The molecule has 0 saturated carbocycles. The molecule has 1 fully saturated rings. The molecule has 0 aromatic rings. The normalized spacial score (nSPS) is 21.2. The summed E-state index contributed by atoms with van der Waals surface area (Å²) in [5.41, 5.74) is 4.61. The van der Waals surface area contributed by atoms with Gasteiger partial charge in [-0.15, -0.1) is 0 Å². The van der Waals surface area contributed by atoms with Crippen molar-refractivity contribution in [1.29, 1.82) is 0 Å². The van der Waals surface area contributed by atoms with Crippen LogP contribution in [0.5, 0.6) is 0 Å². The number of nitrogens with zero attached hydrogens (tertiary/aromatic N) is 1. The average molecular weight is 243 g/mol. The lowest BCUT2D eigenvalue weighted by molar-refractivity contribution is -0.150. The summed E-state index contributed by atoms with van der Waals surface area (Å²) in [6.07, 6.45) is 0. The number of amides is 2. The highest BCUT2D eigenvalue weighted by molar-refractivity contribution is 7.80. The minimum atomic E-state index is -0.839. The topological polar surface area (TPSA) is 75.4 Å². The molecule has 6 heteroatoms. The molecule has 5 nitrogen and oxygen atoms in total. The van der Waals surface area contributed by atoms with Gasteiger partial charge in [0.25, 0.3) is 0 Å². The van der Waals surface area contributed by atoms with Crippen LogP contribution >= 0.6 is 12.2 Å². The van der Waals surface area contributed by atoms with Crippen molar-refractivity contribution in [3.8, 4) is 0 Å². The Bertz CT molecular complexity index is 341. The fourth-order valence-corrected chi connectivity index (χ4v) is 1.74. The number of carbonyl (C=O) groups is 2. The molecule has 0 aromatic carbocycles. The van der Waals surface area contributed by atoms with E-state index in [4.69, 9.17) is 18.0 Å². The molecule has 1 atom stereocenters. The second kappa shape index (κ2) is 4.37. The van der Waals surface area contributed by atoms with E-state index in [-0.39, 0.29) is 16.8 Å². The Kier molecular flexibility index (Phi) is 3.52. The summed E-state index contributed by atoms with van der Waals surface area (Å²) >= 11 is 4.80. The number of rotatable bonds is 2. The molecule has 1 aliphatic heterocycles. The fourth-order valence-electron chi connectivity index (χ4n) is 1.64. The average Bonchev–Trinajstić information content (AvgIpc) is 2.19. The molecule has 1 saturated heterocycles. The van der Waals surface area contributed by atoms with Gasteiger partial charge in [-0.25, -0.2) is 0 Å². The molecule has 1 heterocycles. The second-order valence-corrected chi connectivity index (χ2v) is 4.90. The molecule has 0 bridgehead atoms. The van der Waals surface area contributed by atoms with E-state index in [9.17, 15) is 9.59 Å². The van der Waals surface area contributed by atoms with Crippen LogP contribution in [0, 0.1) is 5.92 Å². The SMILES string of the molecule is CC(C(=O)N1CCNC(=O)C1(C)C)C(N)=S. The number of carbonyl (C=O) groups excluding carboxylic acids is 2. The van der Waals surface area contributed by atoms with Gasteiger partial charge in [-0.2, -0.15) is 0 Å². The number of hydrogen-bond donors (Lipinski definition) is 2. The molecule has 0 aromatic heterocycles. The molecule has 1 rings (SSSR count). The quantitative estimate of drug-likeness (QED) is 0.650. The largest absolute Gasteiger partial charge is 0.393 e. The van der Waals surface area contributed by atoms with Gasteiger partial charge in [-0.1, -0.05) is 12.2 Å². The lowest BCUT2D eigenvalue weighted by Gasteiger charge is -2.42. The van der Waals surface area contributed by atoms with Gasteiger partial charge in [0.05, 0.1) is 10.9 Å². The third-order valence-corrected chi connectivity index (χ3v) is 3.27. The summed E-state index contributed by atoms with van der Waals surface area (Å²) in [6.45, 7) is 6.05. The zero-order valence-corrected chi connectivity index (χ0v) is 10.6. The van der Waals surface area contributed by atoms with Crippen LogP contribution in [0.25, 0.3) is 0 Å². The van der Waals surface area contributed by atoms with Gasteiger partial charge in [0.15, 0.2) is 0 Å². The maximum absolute atomic E-state index is 12.1. The van der Waals surface area contributed by atoms with E-state index in [2.05, 4.69) is 5.32 Å². The van der Waals surface area contributed by atoms with Crippen molar-refractivity contribution in [3.05, 3.63) is 0 Å². The summed E-state index contributed by atoms with van der Waals surface area (Å²) in [7, 11) is 0. The van der Waals surface area contributed by atoms with Gasteiger partial charge in [0, 0.05) is 13.1 Å². The van der Waals surface area contributed by atoms with E-state index in [1.807, 2.05) is 0 Å². The van der Waals surface area contributed by atoms with E-state index >= 15 is 0 Å². The maximum Gasteiger partial charge on any atom is 0.245 e. The Morgan fingerprint density at radius 1 is 1.62 bits per heavy atom. The molecule has 0 aliphatic carbocycles. The predicted octanol–water partition coefficient (Wildman–Crippen LogP) is -0.354. The van der Waals surface area contributed by atoms with Crippen LogP contribution in [0.4, 0.5) is 0 Å². The van der Waals surface area contributed by atoms with Gasteiger partial charge >= 0.3 is 0 Å². The zero-order chi connectivity index (χ0) is 12.5. The Morgan fingerprint density at radius 2 is 2.19 bits per heavy atom. The van der Waals surface area contributed by atoms with Crippen LogP contribution in [0.2, 0.25) is 0 Å². The lowest BCUT2D eigenvalue weighted by Crippen LogP contribution is -2.64. The number of nitrogens with one attached hydrogen (secondary N) is 1. The van der Waals surface area contributed by atoms with Crippen molar-refractivity contribution < 1.29 is 9.59 Å².